The fourth-order valence-corrected chi connectivity index (χ4v) is 7.37. The normalized spacial score (nSPS) is 55.5. The van der Waals surface area contributed by atoms with Crippen LogP contribution in [-0.4, -0.2) is 17.0 Å². The van der Waals surface area contributed by atoms with E-state index in [1.807, 2.05) is 0 Å². The van der Waals surface area contributed by atoms with Crippen LogP contribution < -0.4 is 0 Å². The average molecular weight is 314 g/mol. The molecule has 0 spiro atoms. The van der Waals surface area contributed by atoms with E-state index in [1.165, 1.54) is 38.5 Å². The van der Waals surface area contributed by atoms with Gasteiger partial charge in [-0.25, -0.2) is 0 Å². The average Bonchev–Trinajstić information content (AvgIpc) is 2.85. The molecule has 3 unspecified atom stereocenters. The molecule has 0 aromatic heterocycles. The zero-order valence-electron chi connectivity index (χ0n) is 14.6. The molecule has 0 heterocycles. The zero-order chi connectivity index (χ0) is 16.4. The minimum absolute atomic E-state index is 0.0886. The van der Waals surface area contributed by atoms with Gasteiger partial charge in [0.25, 0.3) is 0 Å². The lowest BCUT2D eigenvalue weighted by Gasteiger charge is -2.60. The van der Waals surface area contributed by atoms with Crippen molar-refractivity contribution >= 4 is 5.78 Å². The van der Waals surface area contributed by atoms with Gasteiger partial charge in [-0.3, -0.25) is 4.79 Å². The number of fused-ring (bicyclic) bond motifs is 5. The van der Waals surface area contributed by atoms with Gasteiger partial charge in [-0.05, 0) is 79.4 Å². The van der Waals surface area contributed by atoms with E-state index in [9.17, 15) is 9.90 Å². The number of rotatable bonds is 0. The van der Waals surface area contributed by atoms with Gasteiger partial charge >= 0.3 is 0 Å². The molecule has 0 aliphatic heterocycles. The summed E-state index contributed by atoms with van der Waals surface area (Å²) >= 11 is 0. The first-order valence-electron chi connectivity index (χ1n) is 9.57. The van der Waals surface area contributed by atoms with Crippen LogP contribution in [0, 0.1) is 52.8 Å². The number of aliphatic hydroxyl groups is 1. The van der Waals surface area contributed by atoms with Crippen molar-refractivity contribution in [1.82, 2.24) is 0 Å². The first kappa shape index (κ1) is 15.7. The van der Waals surface area contributed by atoms with Crippen molar-refractivity contribution in [2.24, 2.45) is 40.4 Å². The standard InChI is InChI=1S/C21H30O2/c1-4-13-6-8-16-15-7-5-14-11-18(22)19(23)12-21(14,3)17(15)9-10-20(13,16)2/h1,13-18,22H,5-12H2,2-3H3/t13?,14?,15-,16-,17+,18?,20+,21-/m0/s1. The molecule has 2 heteroatoms. The molecule has 4 saturated carbocycles. The van der Waals surface area contributed by atoms with Crippen molar-refractivity contribution < 1.29 is 9.90 Å². The molecule has 0 amide bonds. The van der Waals surface area contributed by atoms with Crippen LogP contribution in [0.5, 0.6) is 0 Å². The topological polar surface area (TPSA) is 37.3 Å². The third-order valence-corrected chi connectivity index (χ3v) is 8.70. The summed E-state index contributed by atoms with van der Waals surface area (Å²) in [7, 11) is 0. The van der Waals surface area contributed by atoms with Gasteiger partial charge in [0.15, 0.2) is 5.78 Å². The molecule has 1 N–H and O–H groups in total. The Kier molecular flexibility index (Phi) is 3.48. The lowest BCUT2D eigenvalue weighted by Crippen LogP contribution is -2.55. The summed E-state index contributed by atoms with van der Waals surface area (Å²) in [6.07, 6.45) is 13.8. The van der Waals surface area contributed by atoms with Crippen molar-refractivity contribution in [2.45, 2.75) is 71.3 Å². The quantitative estimate of drug-likeness (QED) is 0.690. The van der Waals surface area contributed by atoms with Crippen molar-refractivity contribution in [3.8, 4) is 12.3 Å². The van der Waals surface area contributed by atoms with E-state index in [0.29, 0.717) is 36.0 Å². The van der Waals surface area contributed by atoms with E-state index in [-0.39, 0.29) is 11.2 Å². The molecule has 4 aliphatic carbocycles. The minimum atomic E-state index is -0.698. The van der Waals surface area contributed by atoms with Crippen LogP contribution in [0.3, 0.4) is 0 Å². The van der Waals surface area contributed by atoms with E-state index in [1.54, 1.807) is 0 Å². The molecule has 2 nitrogen and oxygen atoms in total. The maximum atomic E-state index is 12.2. The number of aliphatic hydroxyl groups excluding tert-OH is 1. The fourth-order valence-electron chi connectivity index (χ4n) is 7.37. The Hall–Kier alpha value is -0.810. The molecular formula is C21H30O2. The lowest BCUT2D eigenvalue weighted by molar-refractivity contribution is -0.154. The molecule has 0 radical (unpaired) electrons. The van der Waals surface area contributed by atoms with Gasteiger partial charge in [0.05, 0.1) is 0 Å². The van der Waals surface area contributed by atoms with Crippen molar-refractivity contribution in [1.29, 1.82) is 0 Å². The monoisotopic (exact) mass is 314 g/mol. The Morgan fingerprint density at radius 3 is 2.57 bits per heavy atom. The Bertz CT molecular complexity index is 561. The second-order valence-corrected chi connectivity index (χ2v) is 9.39. The fraction of sp³-hybridized carbons (Fsp3) is 0.857. The second-order valence-electron chi connectivity index (χ2n) is 9.39. The summed E-state index contributed by atoms with van der Waals surface area (Å²) < 4.78 is 0. The molecule has 0 bridgehead atoms. The number of Topliss-reactive ketones (excluding diaryl/α,β-unsaturated/α-hetero) is 1. The van der Waals surface area contributed by atoms with Crippen LogP contribution in [0.4, 0.5) is 0 Å². The number of terminal acetylenes is 1. The molecule has 23 heavy (non-hydrogen) atoms. The van der Waals surface area contributed by atoms with Gasteiger partial charge in [-0.1, -0.05) is 13.8 Å². The molecule has 0 aromatic carbocycles. The van der Waals surface area contributed by atoms with Crippen LogP contribution >= 0.6 is 0 Å². The highest BCUT2D eigenvalue weighted by molar-refractivity contribution is 5.84. The third kappa shape index (κ3) is 2.02. The van der Waals surface area contributed by atoms with E-state index < -0.39 is 6.10 Å². The number of carbonyl (C=O) groups excluding carboxylic acids is 1. The van der Waals surface area contributed by atoms with Crippen LogP contribution in [0.15, 0.2) is 0 Å². The molecular weight excluding hydrogens is 284 g/mol. The van der Waals surface area contributed by atoms with Crippen molar-refractivity contribution in [2.75, 3.05) is 0 Å². The largest absolute Gasteiger partial charge is 0.385 e. The molecule has 8 atom stereocenters. The highest BCUT2D eigenvalue weighted by Crippen LogP contribution is 2.67. The van der Waals surface area contributed by atoms with Gasteiger partial charge in [0, 0.05) is 12.3 Å². The summed E-state index contributed by atoms with van der Waals surface area (Å²) in [5, 5.41) is 10.0. The van der Waals surface area contributed by atoms with Crippen LogP contribution in [0.2, 0.25) is 0 Å². The molecule has 4 aliphatic rings. The van der Waals surface area contributed by atoms with Gasteiger partial charge in [-0.2, -0.15) is 0 Å². The molecule has 0 saturated heterocycles. The lowest BCUT2D eigenvalue weighted by atomic mass is 9.44. The van der Waals surface area contributed by atoms with Gasteiger partial charge < -0.3 is 5.11 Å². The Balaban J connectivity index is 1.65. The highest BCUT2D eigenvalue weighted by atomic mass is 16.3. The first-order valence-corrected chi connectivity index (χ1v) is 9.57. The summed E-state index contributed by atoms with van der Waals surface area (Å²) in [5.41, 5.74) is 0.450. The Morgan fingerprint density at radius 1 is 1.09 bits per heavy atom. The van der Waals surface area contributed by atoms with Gasteiger partial charge in [0.2, 0.25) is 0 Å². The number of ketones is 1. The highest BCUT2D eigenvalue weighted by Gasteiger charge is 2.60. The van der Waals surface area contributed by atoms with Crippen LogP contribution in [-0.2, 0) is 4.79 Å². The van der Waals surface area contributed by atoms with Gasteiger partial charge in [0.1, 0.15) is 6.10 Å². The van der Waals surface area contributed by atoms with Crippen LogP contribution in [0.1, 0.15) is 65.2 Å². The van der Waals surface area contributed by atoms with E-state index in [0.717, 1.165) is 11.8 Å². The van der Waals surface area contributed by atoms with Gasteiger partial charge in [-0.15, -0.1) is 12.3 Å². The molecule has 4 rings (SSSR count). The summed E-state index contributed by atoms with van der Waals surface area (Å²) in [6, 6.07) is 0. The van der Waals surface area contributed by atoms with E-state index in [2.05, 4.69) is 19.8 Å². The Labute approximate surface area is 140 Å². The smallest absolute Gasteiger partial charge is 0.161 e. The SMILES string of the molecule is C#CC1CC[C@H]2[C@@H]3CCC4CC(O)C(=O)C[C@]4(C)[C@@H]3CC[C@]12C. The number of hydrogen-bond acceptors (Lipinski definition) is 2. The third-order valence-electron chi connectivity index (χ3n) is 8.70. The predicted molar refractivity (Wildman–Crippen MR) is 90.4 cm³/mol. The second kappa shape index (κ2) is 5.09. The summed E-state index contributed by atoms with van der Waals surface area (Å²) in [4.78, 5) is 12.2. The van der Waals surface area contributed by atoms with Crippen molar-refractivity contribution in [3.05, 3.63) is 0 Å². The molecule has 4 fully saturated rings. The zero-order valence-corrected chi connectivity index (χ0v) is 14.6. The summed E-state index contributed by atoms with van der Waals surface area (Å²) in [6.45, 7) is 4.80. The number of carbonyl (C=O) groups is 1. The maximum Gasteiger partial charge on any atom is 0.161 e. The maximum absolute atomic E-state index is 12.2. The number of hydrogen-bond donors (Lipinski definition) is 1. The molecule has 126 valence electrons. The predicted octanol–water partition coefficient (Wildman–Crippen LogP) is 3.82. The van der Waals surface area contributed by atoms with Crippen molar-refractivity contribution in [3.63, 3.8) is 0 Å². The first-order chi connectivity index (χ1) is 10.9. The minimum Gasteiger partial charge on any atom is -0.385 e. The van der Waals surface area contributed by atoms with E-state index >= 15 is 0 Å². The van der Waals surface area contributed by atoms with Crippen LogP contribution in [0.25, 0.3) is 0 Å². The Morgan fingerprint density at radius 2 is 1.83 bits per heavy atom. The summed E-state index contributed by atoms with van der Waals surface area (Å²) in [5.74, 6) is 6.32. The molecule has 0 aromatic rings. The van der Waals surface area contributed by atoms with E-state index in [4.69, 9.17) is 6.42 Å².